The van der Waals surface area contributed by atoms with Crippen LogP contribution in [0.1, 0.15) is 30.4 Å². The highest BCUT2D eigenvalue weighted by Gasteiger charge is 2.30. The van der Waals surface area contributed by atoms with Crippen molar-refractivity contribution >= 4 is 29.3 Å². The summed E-state index contributed by atoms with van der Waals surface area (Å²) in [5.74, 6) is 0.122. The van der Waals surface area contributed by atoms with Gasteiger partial charge in [-0.05, 0) is 36.1 Å². The van der Waals surface area contributed by atoms with E-state index in [2.05, 4.69) is 16.7 Å². The molecule has 2 aromatic carbocycles. The number of nitrogens with one attached hydrogen (secondary N) is 2. The molecule has 4 rings (SSSR count). The standard InChI is InChI=1S/C22H24FN3O2S/c23-18-9-3-1-7-16(18)14-29-22-24-17(12-20(27)25-22)13-21(28)26-11-5-8-15-6-2-4-10-19(15)26/h1-4,6-7,9-10,17,22,24H,5,8,11-14H2,(H,25,27). The third-order valence-electron chi connectivity index (χ3n) is 5.31. The first kappa shape index (κ1) is 19.9. The largest absolute Gasteiger partial charge is 0.332 e. The van der Waals surface area contributed by atoms with E-state index in [1.165, 1.54) is 23.4 Å². The van der Waals surface area contributed by atoms with Crippen LogP contribution in [0.5, 0.6) is 0 Å². The molecule has 5 nitrogen and oxygen atoms in total. The molecule has 29 heavy (non-hydrogen) atoms. The fourth-order valence-electron chi connectivity index (χ4n) is 3.87. The van der Waals surface area contributed by atoms with Gasteiger partial charge in [0.2, 0.25) is 11.8 Å². The van der Waals surface area contributed by atoms with Crippen LogP contribution >= 0.6 is 11.8 Å². The number of carbonyl (C=O) groups excluding carboxylic acids is 2. The summed E-state index contributed by atoms with van der Waals surface area (Å²) in [6.45, 7) is 0.709. The summed E-state index contributed by atoms with van der Waals surface area (Å²) in [5.41, 5.74) is 2.42. The summed E-state index contributed by atoms with van der Waals surface area (Å²) in [6, 6.07) is 14.4. The maximum Gasteiger partial charge on any atom is 0.228 e. The van der Waals surface area contributed by atoms with E-state index < -0.39 is 0 Å². The number of anilines is 1. The van der Waals surface area contributed by atoms with Crippen molar-refractivity contribution in [2.75, 3.05) is 11.4 Å². The van der Waals surface area contributed by atoms with Gasteiger partial charge in [-0.25, -0.2) is 4.39 Å². The van der Waals surface area contributed by atoms with E-state index in [0.717, 1.165) is 18.5 Å². The first-order chi connectivity index (χ1) is 14.1. The predicted octanol–water partition coefficient (Wildman–Crippen LogP) is 3.19. The molecule has 1 fully saturated rings. The van der Waals surface area contributed by atoms with E-state index in [1.807, 2.05) is 23.1 Å². The van der Waals surface area contributed by atoms with Gasteiger partial charge in [-0.1, -0.05) is 36.4 Å². The summed E-state index contributed by atoms with van der Waals surface area (Å²) in [6.07, 6.45) is 2.46. The lowest BCUT2D eigenvalue weighted by atomic mass is 10.00. The van der Waals surface area contributed by atoms with Crippen molar-refractivity contribution < 1.29 is 14.0 Å². The van der Waals surface area contributed by atoms with Gasteiger partial charge >= 0.3 is 0 Å². The normalized spacial score (nSPS) is 21.4. The van der Waals surface area contributed by atoms with E-state index in [4.69, 9.17) is 0 Å². The third kappa shape index (κ3) is 4.79. The Balaban J connectivity index is 1.37. The highest BCUT2D eigenvalue weighted by molar-refractivity contribution is 7.99. The molecule has 2 heterocycles. The average molecular weight is 414 g/mol. The van der Waals surface area contributed by atoms with Crippen LogP contribution in [0.15, 0.2) is 48.5 Å². The minimum absolute atomic E-state index is 0.0298. The molecule has 152 valence electrons. The molecule has 2 aliphatic heterocycles. The lowest BCUT2D eigenvalue weighted by molar-refractivity contribution is -0.124. The number of para-hydroxylation sites is 1. The van der Waals surface area contributed by atoms with Crippen LogP contribution in [0.2, 0.25) is 0 Å². The zero-order valence-corrected chi connectivity index (χ0v) is 16.9. The molecule has 2 aromatic rings. The molecule has 1 saturated heterocycles. The smallest absolute Gasteiger partial charge is 0.228 e. The highest BCUT2D eigenvalue weighted by atomic mass is 32.2. The number of rotatable bonds is 5. The molecule has 2 N–H and O–H groups in total. The van der Waals surface area contributed by atoms with Crippen LogP contribution < -0.4 is 15.5 Å². The predicted molar refractivity (Wildman–Crippen MR) is 113 cm³/mol. The van der Waals surface area contributed by atoms with Crippen LogP contribution in [0, 0.1) is 5.82 Å². The number of benzene rings is 2. The Kier molecular flexibility index (Phi) is 6.16. The van der Waals surface area contributed by atoms with Gasteiger partial charge in [0, 0.05) is 36.9 Å². The summed E-state index contributed by atoms with van der Waals surface area (Å²) >= 11 is 1.42. The fourth-order valence-corrected chi connectivity index (χ4v) is 4.95. The van der Waals surface area contributed by atoms with Crippen molar-refractivity contribution in [3.8, 4) is 0 Å². The van der Waals surface area contributed by atoms with Crippen molar-refractivity contribution in [3.05, 3.63) is 65.5 Å². The number of aryl methyl sites for hydroxylation is 1. The summed E-state index contributed by atoms with van der Waals surface area (Å²) in [4.78, 5) is 27.0. The van der Waals surface area contributed by atoms with Crippen molar-refractivity contribution in [1.82, 2.24) is 10.6 Å². The van der Waals surface area contributed by atoms with E-state index in [0.29, 0.717) is 17.9 Å². The monoisotopic (exact) mass is 413 g/mol. The van der Waals surface area contributed by atoms with Crippen LogP contribution in [-0.4, -0.2) is 29.9 Å². The quantitative estimate of drug-likeness (QED) is 0.790. The van der Waals surface area contributed by atoms with Gasteiger partial charge in [0.25, 0.3) is 0 Å². The Morgan fingerprint density at radius 3 is 2.83 bits per heavy atom. The molecule has 0 aliphatic carbocycles. The van der Waals surface area contributed by atoms with Crippen LogP contribution in [-0.2, 0) is 21.8 Å². The number of carbonyl (C=O) groups is 2. The van der Waals surface area contributed by atoms with E-state index in [-0.39, 0.29) is 42.0 Å². The second kappa shape index (κ2) is 8.97. The maximum atomic E-state index is 13.8. The number of hydrogen-bond acceptors (Lipinski definition) is 4. The summed E-state index contributed by atoms with van der Waals surface area (Å²) in [5, 5.41) is 6.20. The molecule has 7 heteroatoms. The highest BCUT2D eigenvalue weighted by Crippen LogP contribution is 2.28. The molecule has 0 saturated carbocycles. The molecule has 0 radical (unpaired) electrons. The first-order valence-electron chi connectivity index (χ1n) is 9.89. The second-order valence-corrected chi connectivity index (χ2v) is 8.49. The number of fused-ring (bicyclic) bond motifs is 1. The minimum atomic E-state index is -0.345. The Labute approximate surface area is 174 Å². The van der Waals surface area contributed by atoms with Crippen molar-refractivity contribution in [1.29, 1.82) is 0 Å². The van der Waals surface area contributed by atoms with Gasteiger partial charge < -0.3 is 10.2 Å². The van der Waals surface area contributed by atoms with E-state index >= 15 is 0 Å². The molecule has 0 spiro atoms. The number of hydrogen-bond donors (Lipinski definition) is 2. The van der Waals surface area contributed by atoms with Gasteiger partial charge in [-0.15, -0.1) is 11.8 Å². The second-order valence-electron chi connectivity index (χ2n) is 7.40. The van der Waals surface area contributed by atoms with Gasteiger partial charge in [0.15, 0.2) is 0 Å². The van der Waals surface area contributed by atoms with Crippen molar-refractivity contribution in [3.63, 3.8) is 0 Å². The van der Waals surface area contributed by atoms with Gasteiger partial charge in [0.05, 0.1) is 0 Å². The summed E-state index contributed by atoms with van der Waals surface area (Å²) in [7, 11) is 0. The third-order valence-corrected chi connectivity index (χ3v) is 6.37. The van der Waals surface area contributed by atoms with E-state index in [9.17, 15) is 14.0 Å². The number of nitrogens with zero attached hydrogens (tertiary/aromatic N) is 1. The number of amides is 2. The van der Waals surface area contributed by atoms with Crippen LogP contribution in [0.4, 0.5) is 10.1 Å². The average Bonchev–Trinajstić information content (AvgIpc) is 2.72. The lowest BCUT2D eigenvalue weighted by Gasteiger charge is -2.34. The Hall–Kier alpha value is -2.38. The van der Waals surface area contributed by atoms with Gasteiger partial charge in [0.1, 0.15) is 11.3 Å². The van der Waals surface area contributed by atoms with E-state index in [1.54, 1.807) is 18.2 Å². The molecule has 0 bridgehead atoms. The molecule has 2 aliphatic rings. The number of halogens is 1. The molecule has 2 amide bonds. The zero-order valence-electron chi connectivity index (χ0n) is 16.1. The van der Waals surface area contributed by atoms with Crippen molar-refractivity contribution in [2.45, 2.75) is 43.0 Å². The molecular formula is C22H24FN3O2S. The van der Waals surface area contributed by atoms with Gasteiger partial charge in [-0.2, -0.15) is 0 Å². The van der Waals surface area contributed by atoms with Gasteiger partial charge in [-0.3, -0.25) is 14.9 Å². The molecule has 2 unspecified atom stereocenters. The summed E-state index contributed by atoms with van der Waals surface area (Å²) < 4.78 is 13.8. The number of thioether (sulfide) groups is 1. The van der Waals surface area contributed by atoms with Crippen LogP contribution in [0.25, 0.3) is 0 Å². The Morgan fingerprint density at radius 2 is 1.97 bits per heavy atom. The maximum absolute atomic E-state index is 13.8. The van der Waals surface area contributed by atoms with Crippen LogP contribution in [0.3, 0.4) is 0 Å². The Morgan fingerprint density at radius 1 is 1.17 bits per heavy atom. The minimum Gasteiger partial charge on any atom is -0.332 e. The molecular weight excluding hydrogens is 389 g/mol. The topological polar surface area (TPSA) is 61.4 Å². The molecule has 0 aromatic heterocycles. The zero-order chi connectivity index (χ0) is 20.2. The van der Waals surface area contributed by atoms with Crippen molar-refractivity contribution in [2.24, 2.45) is 0 Å². The SMILES string of the molecule is O=C1CC(CC(=O)N2CCCc3ccccc32)NC(SCc2ccccc2F)N1. The fraction of sp³-hybridized carbons (Fsp3) is 0.364. The lowest BCUT2D eigenvalue weighted by Crippen LogP contribution is -2.56. The first-order valence-corrected chi connectivity index (χ1v) is 10.9. The Bertz CT molecular complexity index is 907. The molecule has 2 atom stereocenters.